The molecule has 0 saturated carbocycles. The van der Waals surface area contributed by atoms with Crippen molar-refractivity contribution in [3.05, 3.63) is 59.4 Å². The molecule has 1 heterocycles. The number of pyridine rings is 1. The van der Waals surface area contributed by atoms with Crippen LogP contribution in [0.5, 0.6) is 0 Å². The highest BCUT2D eigenvalue weighted by Crippen LogP contribution is 2.11. The standard InChI is InChI=1S/C15H16ClN3O/c16-14-11-13(7-10-18-14)17-8-4-9-19-15(20)12-5-2-1-3-6-12/h1-3,5-7,10-11H,4,8-9H2,(H,17,18)(H,19,20). The van der Waals surface area contributed by atoms with Crippen molar-refractivity contribution in [1.29, 1.82) is 0 Å². The molecule has 1 aromatic carbocycles. The number of nitrogens with one attached hydrogen (secondary N) is 2. The van der Waals surface area contributed by atoms with Crippen molar-refractivity contribution in [1.82, 2.24) is 10.3 Å². The van der Waals surface area contributed by atoms with Crippen LogP contribution in [0, 0.1) is 0 Å². The summed E-state index contributed by atoms with van der Waals surface area (Å²) >= 11 is 5.79. The molecule has 0 spiro atoms. The van der Waals surface area contributed by atoms with Gasteiger partial charge < -0.3 is 10.6 Å². The number of carbonyl (C=O) groups is 1. The Morgan fingerprint density at radius 2 is 1.95 bits per heavy atom. The van der Waals surface area contributed by atoms with E-state index in [4.69, 9.17) is 11.6 Å². The van der Waals surface area contributed by atoms with Crippen LogP contribution < -0.4 is 10.6 Å². The Kier molecular flexibility index (Phi) is 5.38. The zero-order chi connectivity index (χ0) is 14.2. The first-order valence-electron chi connectivity index (χ1n) is 6.44. The lowest BCUT2D eigenvalue weighted by molar-refractivity contribution is 0.0953. The molecule has 0 aliphatic rings. The van der Waals surface area contributed by atoms with E-state index in [-0.39, 0.29) is 5.91 Å². The van der Waals surface area contributed by atoms with Crippen LogP contribution in [0.1, 0.15) is 16.8 Å². The highest BCUT2D eigenvalue weighted by Gasteiger charge is 2.02. The van der Waals surface area contributed by atoms with Gasteiger partial charge in [0.2, 0.25) is 0 Å². The Morgan fingerprint density at radius 1 is 1.15 bits per heavy atom. The Labute approximate surface area is 123 Å². The molecule has 0 bridgehead atoms. The molecule has 0 atom stereocenters. The Bertz CT molecular complexity index is 560. The molecule has 0 unspecified atom stereocenters. The summed E-state index contributed by atoms with van der Waals surface area (Å²) in [6, 6.07) is 12.8. The Morgan fingerprint density at radius 3 is 2.70 bits per heavy atom. The van der Waals surface area contributed by atoms with Crippen LogP contribution >= 0.6 is 11.6 Å². The fraction of sp³-hybridized carbons (Fsp3) is 0.200. The smallest absolute Gasteiger partial charge is 0.251 e. The quantitative estimate of drug-likeness (QED) is 0.635. The second-order valence-electron chi connectivity index (χ2n) is 4.27. The number of benzene rings is 1. The van der Waals surface area contributed by atoms with Gasteiger partial charge in [0, 0.05) is 30.5 Å². The van der Waals surface area contributed by atoms with Crippen LogP contribution in [-0.2, 0) is 0 Å². The number of nitrogens with zero attached hydrogens (tertiary/aromatic N) is 1. The molecule has 2 N–H and O–H groups in total. The molecule has 4 nitrogen and oxygen atoms in total. The maximum Gasteiger partial charge on any atom is 0.251 e. The van der Waals surface area contributed by atoms with Gasteiger partial charge in [-0.05, 0) is 30.7 Å². The molecule has 104 valence electrons. The largest absolute Gasteiger partial charge is 0.385 e. The fourth-order valence-corrected chi connectivity index (χ4v) is 1.90. The van der Waals surface area contributed by atoms with Gasteiger partial charge in [-0.25, -0.2) is 4.98 Å². The van der Waals surface area contributed by atoms with Gasteiger partial charge in [0.1, 0.15) is 5.15 Å². The van der Waals surface area contributed by atoms with E-state index in [0.717, 1.165) is 18.7 Å². The number of carbonyl (C=O) groups excluding carboxylic acids is 1. The molecule has 2 rings (SSSR count). The molecule has 1 aromatic heterocycles. The lowest BCUT2D eigenvalue weighted by atomic mass is 10.2. The normalized spacial score (nSPS) is 10.1. The average molecular weight is 290 g/mol. The maximum atomic E-state index is 11.8. The molecule has 0 aliphatic heterocycles. The average Bonchev–Trinajstić information content (AvgIpc) is 2.48. The molecule has 1 amide bonds. The number of amides is 1. The van der Waals surface area contributed by atoms with Crippen LogP contribution in [0.15, 0.2) is 48.7 Å². The van der Waals surface area contributed by atoms with Crippen LogP contribution in [0.25, 0.3) is 0 Å². The fourth-order valence-electron chi connectivity index (χ4n) is 1.73. The third-order valence-electron chi connectivity index (χ3n) is 2.73. The van der Waals surface area contributed by atoms with Gasteiger partial charge in [-0.3, -0.25) is 4.79 Å². The van der Waals surface area contributed by atoms with Gasteiger partial charge in [0.05, 0.1) is 0 Å². The second-order valence-corrected chi connectivity index (χ2v) is 4.66. The second kappa shape index (κ2) is 7.50. The zero-order valence-corrected chi connectivity index (χ0v) is 11.7. The number of hydrogen-bond acceptors (Lipinski definition) is 3. The first-order valence-corrected chi connectivity index (χ1v) is 6.82. The summed E-state index contributed by atoms with van der Waals surface area (Å²) < 4.78 is 0. The van der Waals surface area contributed by atoms with E-state index < -0.39 is 0 Å². The van der Waals surface area contributed by atoms with Crippen molar-refractivity contribution >= 4 is 23.2 Å². The molecule has 2 aromatic rings. The summed E-state index contributed by atoms with van der Waals surface area (Å²) in [7, 11) is 0. The van der Waals surface area contributed by atoms with Gasteiger partial charge in [-0.2, -0.15) is 0 Å². The molecular weight excluding hydrogens is 274 g/mol. The number of rotatable bonds is 6. The van der Waals surface area contributed by atoms with Crippen molar-refractivity contribution in [2.24, 2.45) is 0 Å². The first-order chi connectivity index (χ1) is 9.75. The predicted octanol–water partition coefficient (Wildman–Crippen LogP) is 2.97. The van der Waals surface area contributed by atoms with Gasteiger partial charge in [0.25, 0.3) is 5.91 Å². The number of aromatic nitrogens is 1. The SMILES string of the molecule is O=C(NCCCNc1ccnc(Cl)c1)c1ccccc1. The molecule has 0 fully saturated rings. The van der Waals surface area contributed by atoms with E-state index in [1.807, 2.05) is 24.3 Å². The van der Waals surface area contributed by atoms with E-state index in [9.17, 15) is 4.79 Å². The third-order valence-corrected chi connectivity index (χ3v) is 2.94. The first kappa shape index (κ1) is 14.3. The maximum absolute atomic E-state index is 11.8. The molecule has 0 radical (unpaired) electrons. The topological polar surface area (TPSA) is 54.0 Å². The third kappa shape index (κ3) is 4.55. The van der Waals surface area contributed by atoms with Crippen LogP contribution in [0.2, 0.25) is 5.15 Å². The van der Waals surface area contributed by atoms with E-state index in [1.54, 1.807) is 24.4 Å². The highest BCUT2D eigenvalue weighted by atomic mass is 35.5. The van der Waals surface area contributed by atoms with Gasteiger partial charge in [-0.15, -0.1) is 0 Å². The van der Waals surface area contributed by atoms with Crippen molar-refractivity contribution in [3.63, 3.8) is 0 Å². The summed E-state index contributed by atoms with van der Waals surface area (Å²) in [5.41, 5.74) is 1.61. The van der Waals surface area contributed by atoms with Crippen LogP contribution in [-0.4, -0.2) is 24.0 Å². The van der Waals surface area contributed by atoms with Gasteiger partial charge >= 0.3 is 0 Å². The van der Waals surface area contributed by atoms with Crippen LogP contribution in [0.3, 0.4) is 0 Å². The van der Waals surface area contributed by atoms with Gasteiger partial charge in [0.15, 0.2) is 0 Å². The lowest BCUT2D eigenvalue weighted by Crippen LogP contribution is -2.25. The molecule has 20 heavy (non-hydrogen) atoms. The molecule has 5 heteroatoms. The Hall–Kier alpha value is -2.07. The minimum Gasteiger partial charge on any atom is -0.385 e. The van der Waals surface area contributed by atoms with Crippen molar-refractivity contribution in [2.75, 3.05) is 18.4 Å². The minimum absolute atomic E-state index is 0.0439. The summed E-state index contributed by atoms with van der Waals surface area (Å²) in [5, 5.41) is 6.57. The summed E-state index contributed by atoms with van der Waals surface area (Å²) in [5.74, 6) is -0.0439. The van der Waals surface area contributed by atoms with Crippen molar-refractivity contribution < 1.29 is 4.79 Å². The van der Waals surface area contributed by atoms with Gasteiger partial charge in [-0.1, -0.05) is 29.8 Å². The lowest BCUT2D eigenvalue weighted by Gasteiger charge is -2.07. The number of halogens is 1. The van der Waals surface area contributed by atoms with E-state index in [0.29, 0.717) is 17.3 Å². The monoisotopic (exact) mass is 289 g/mol. The van der Waals surface area contributed by atoms with Crippen molar-refractivity contribution in [3.8, 4) is 0 Å². The van der Waals surface area contributed by atoms with E-state index in [2.05, 4.69) is 15.6 Å². The number of hydrogen-bond donors (Lipinski definition) is 2. The minimum atomic E-state index is -0.0439. The number of anilines is 1. The molecule has 0 aliphatic carbocycles. The van der Waals surface area contributed by atoms with Crippen molar-refractivity contribution in [2.45, 2.75) is 6.42 Å². The summed E-state index contributed by atoms with van der Waals surface area (Å²) in [6.07, 6.45) is 2.49. The van der Waals surface area contributed by atoms with Crippen LogP contribution in [0.4, 0.5) is 5.69 Å². The molecule has 0 saturated heterocycles. The summed E-state index contributed by atoms with van der Waals surface area (Å²) in [6.45, 7) is 1.38. The highest BCUT2D eigenvalue weighted by molar-refractivity contribution is 6.29. The Balaban J connectivity index is 1.66. The molecular formula is C15H16ClN3O. The zero-order valence-electron chi connectivity index (χ0n) is 11.0. The predicted molar refractivity (Wildman–Crippen MR) is 81.1 cm³/mol. The van der Waals surface area contributed by atoms with E-state index >= 15 is 0 Å². The summed E-state index contributed by atoms with van der Waals surface area (Å²) in [4.78, 5) is 15.7. The van der Waals surface area contributed by atoms with E-state index in [1.165, 1.54) is 0 Å².